The van der Waals surface area contributed by atoms with E-state index in [-0.39, 0.29) is 10.8 Å². The molecule has 2 aliphatic heterocycles. The summed E-state index contributed by atoms with van der Waals surface area (Å²) in [5.41, 5.74) is 8.46. The molecule has 1 saturated carbocycles. The molecule has 3 aromatic carbocycles. The lowest BCUT2D eigenvalue weighted by molar-refractivity contribution is -0.438. The zero-order valence-electron chi connectivity index (χ0n) is 27.5. The highest BCUT2D eigenvalue weighted by molar-refractivity contribution is 6.07. The molecule has 2 unspecified atom stereocenters. The summed E-state index contributed by atoms with van der Waals surface area (Å²) in [7, 11) is 2.27. The largest absolute Gasteiger partial charge is 0.347 e. The summed E-state index contributed by atoms with van der Waals surface area (Å²) >= 11 is 0. The van der Waals surface area contributed by atoms with Crippen LogP contribution in [0.5, 0.6) is 0 Å². The van der Waals surface area contributed by atoms with Gasteiger partial charge in [-0.15, -0.1) is 0 Å². The van der Waals surface area contributed by atoms with Gasteiger partial charge in [0.25, 0.3) is 0 Å². The minimum atomic E-state index is -0.0728. The summed E-state index contributed by atoms with van der Waals surface area (Å²) in [5, 5.41) is 2.74. The molecule has 44 heavy (non-hydrogen) atoms. The Morgan fingerprint density at radius 2 is 1.68 bits per heavy atom. The average Bonchev–Trinajstić information content (AvgIpc) is 3.71. The molecule has 0 spiro atoms. The van der Waals surface area contributed by atoms with Crippen LogP contribution in [-0.4, -0.2) is 23.9 Å². The highest BCUT2D eigenvalue weighted by Gasteiger charge is 2.47. The van der Waals surface area contributed by atoms with Gasteiger partial charge in [0, 0.05) is 48.0 Å². The predicted octanol–water partition coefficient (Wildman–Crippen LogP) is 10.8. The Labute approximate surface area is 265 Å². The lowest BCUT2D eigenvalue weighted by Crippen LogP contribution is -2.34. The summed E-state index contributed by atoms with van der Waals surface area (Å²) in [5.74, 6) is 1.49. The number of unbranched alkanes of at least 4 members (excludes halogenated alkanes) is 1. The number of para-hydroxylation sites is 1. The van der Waals surface area contributed by atoms with Crippen LogP contribution in [-0.2, 0) is 10.8 Å². The molecule has 2 heterocycles. The molecule has 228 valence electrons. The topological polar surface area (TPSA) is 6.25 Å². The predicted molar refractivity (Wildman–Crippen MR) is 188 cm³/mol. The lowest BCUT2D eigenvalue weighted by Gasteiger charge is -2.36. The quantitative estimate of drug-likeness (QED) is 0.145. The van der Waals surface area contributed by atoms with E-state index in [4.69, 9.17) is 0 Å². The van der Waals surface area contributed by atoms with Crippen molar-refractivity contribution >= 4 is 27.9 Å². The van der Waals surface area contributed by atoms with Gasteiger partial charge in [-0.3, -0.25) is 0 Å². The smallest absolute Gasteiger partial charge is 0.210 e. The molecule has 0 N–H and O–H groups in total. The van der Waals surface area contributed by atoms with E-state index in [1.54, 1.807) is 0 Å². The Hall–Kier alpha value is -3.39. The molecule has 0 saturated heterocycles. The van der Waals surface area contributed by atoms with Gasteiger partial charge in [-0.25, -0.2) is 0 Å². The molecule has 0 aromatic heterocycles. The van der Waals surface area contributed by atoms with Crippen molar-refractivity contribution < 1.29 is 4.58 Å². The second-order valence-electron chi connectivity index (χ2n) is 14.6. The molecule has 4 aliphatic rings. The van der Waals surface area contributed by atoms with E-state index < -0.39 is 0 Å². The lowest BCUT2D eigenvalue weighted by atomic mass is 9.67. The molecule has 0 amide bonds. The first-order valence-electron chi connectivity index (χ1n) is 17.5. The van der Waals surface area contributed by atoms with E-state index in [1.165, 1.54) is 109 Å². The SMILES string of the molecule is CN1C(=CC=CC2=[N+](CCCCC3CCCC3)c3ccc4ccccc4c3C2(C)C)C(C)(C2C=CCCC2)c2ccccc21. The van der Waals surface area contributed by atoms with Crippen LogP contribution in [0.15, 0.2) is 96.7 Å². The van der Waals surface area contributed by atoms with E-state index in [2.05, 4.69) is 128 Å². The fraction of sp³-hybridized carbons (Fsp3) is 0.452. The van der Waals surface area contributed by atoms with Crippen LogP contribution in [0.3, 0.4) is 0 Å². The molecule has 1 fully saturated rings. The van der Waals surface area contributed by atoms with E-state index in [9.17, 15) is 0 Å². The summed E-state index contributed by atoms with van der Waals surface area (Å²) in [6.45, 7) is 8.46. The minimum Gasteiger partial charge on any atom is -0.347 e. The minimum absolute atomic E-state index is 0.0262. The molecule has 3 aromatic rings. The number of benzene rings is 3. The molecule has 2 heteroatoms. The number of hydrogen-bond donors (Lipinski definition) is 0. The third-order valence-electron chi connectivity index (χ3n) is 11.7. The summed E-state index contributed by atoms with van der Waals surface area (Å²) < 4.78 is 2.67. The third-order valence-corrected chi connectivity index (χ3v) is 11.7. The standard InChI is InChI=1S/C42H51N2/c1-41(2)38(26-16-27-39-42(3,33-21-6-5-7-22-33)35-24-12-13-25-36(35)43(39)4)44(30-15-14-19-31-17-8-9-18-31)37-29-28-32-20-10-11-23-34(32)40(37)41/h6,10-13,16,20-21,23-29,31,33H,5,7-9,14-15,17-19,22,30H2,1-4H3/q+1. The van der Waals surface area contributed by atoms with Crippen LogP contribution in [0.4, 0.5) is 11.4 Å². The average molecular weight is 584 g/mol. The molecule has 2 aliphatic carbocycles. The number of anilines is 1. The van der Waals surface area contributed by atoms with Crippen molar-refractivity contribution in [1.82, 2.24) is 0 Å². The van der Waals surface area contributed by atoms with Gasteiger partial charge < -0.3 is 4.90 Å². The van der Waals surface area contributed by atoms with Crippen molar-refractivity contribution in [3.63, 3.8) is 0 Å². The van der Waals surface area contributed by atoms with Crippen molar-refractivity contribution in [3.8, 4) is 0 Å². The fourth-order valence-corrected chi connectivity index (χ4v) is 9.30. The van der Waals surface area contributed by atoms with Crippen LogP contribution >= 0.6 is 0 Å². The van der Waals surface area contributed by atoms with Crippen molar-refractivity contribution in [3.05, 3.63) is 108 Å². The molecular weight excluding hydrogens is 532 g/mol. The third kappa shape index (κ3) is 4.90. The van der Waals surface area contributed by atoms with Crippen molar-refractivity contribution in [1.29, 1.82) is 0 Å². The van der Waals surface area contributed by atoms with E-state index in [1.807, 2.05) is 0 Å². The number of fused-ring (bicyclic) bond motifs is 4. The van der Waals surface area contributed by atoms with Crippen LogP contribution in [0.25, 0.3) is 10.8 Å². The van der Waals surface area contributed by atoms with Crippen molar-refractivity contribution in [2.75, 3.05) is 18.5 Å². The van der Waals surface area contributed by atoms with Crippen molar-refractivity contribution in [2.24, 2.45) is 11.8 Å². The Kier molecular flexibility index (Phi) is 7.89. The molecule has 0 radical (unpaired) electrons. The zero-order valence-corrected chi connectivity index (χ0v) is 27.5. The van der Waals surface area contributed by atoms with Gasteiger partial charge in [-0.1, -0.05) is 92.8 Å². The van der Waals surface area contributed by atoms with Crippen LogP contribution in [0.1, 0.15) is 96.1 Å². The van der Waals surface area contributed by atoms with Gasteiger partial charge in [0.05, 0.1) is 5.41 Å². The normalized spacial score (nSPS) is 25.6. The van der Waals surface area contributed by atoms with E-state index in [0.29, 0.717) is 5.92 Å². The molecule has 0 bridgehead atoms. The van der Waals surface area contributed by atoms with Gasteiger partial charge in [0.2, 0.25) is 5.69 Å². The van der Waals surface area contributed by atoms with Crippen LogP contribution < -0.4 is 4.90 Å². The molecule has 7 rings (SSSR count). The van der Waals surface area contributed by atoms with Gasteiger partial charge in [0.15, 0.2) is 5.71 Å². The van der Waals surface area contributed by atoms with Gasteiger partial charge in [-0.05, 0) is 92.8 Å². The van der Waals surface area contributed by atoms with Crippen LogP contribution in [0.2, 0.25) is 0 Å². The summed E-state index contributed by atoms with van der Waals surface area (Å²) in [6, 6.07) is 22.8. The number of rotatable bonds is 8. The Morgan fingerprint density at radius 3 is 2.50 bits per heavy atom. The Bertz CT molecular complexity index is 1660. The van der Waals surface area contributed by atoms with E-state index >= 15 is 0 Å². The Morgan fingerprint density at radius 1 is 0.886 bits per heavy atom. The van der Waals surface area contributed by atoms with Crippen LogP contribution in [0, 0.1) is 11.8 Å². The highest BCUT2D eigenvalue weighted by atomic mass is 15.2. The maximum Gasteiger partial charge on any atom is 0.210 e. The summed E-state index contributed by atoms with van der Waals surface area (Å²) in [6.07, 6.45) is 25.7. The molecule has 2 nitrogen and oxygen atoms in total. The number of hydrogen-bond acceptors (Lipinski definition) is 1. The Balaban J connectivity index is 1.26. The monoisotopic (exact) mass is 583 g/mol. The second kappa shape index (κ2) is 11.8. The maximum atomic E-state index is 2.67. The number of allylic oxidation sites excluding steroid dienone is 6. The van der Waals surface area contributed by atoms with Crippen molar-refractivity contribution in [2.45, 2.75) is 95.8 Å². The van der Waals surface area contributed by atoms with Gasteiger partial charge in [0.1, 0.15) is 6.54 Å². The number of likely N-dealkylation sites (N-methyl/N-ethyl adjacent to an activating group) is 1. The van der Waals surface area contributed by atoms with E-state index in [0.717, 1.165) is 12.5 Å². The van der Waals surface area contributed by atoms with Gasteiger partial charge in [-0.2, -0.15) is 4.58 Å². The first kappa shape index (κ1) is 29.3. The molecular formula is C42H51N2+. The second-order valence-corrected chi connectivity index (χ2v) is 14.6. The maximum absolute atomic E-state index is 2.67. The van der Waals surface area contributed by atoms with Gasteiger partial charge >= 0.3 is 0 Å². The first-order chi connectivity index (χ1) is 21.4. The fourth-order valence-electron chi connectivity index (χ4n) is 9.30. The zero-order chi connectivity index (χ0) is 30.3. The first-order valence-corrected chi connectivity index (χ1v) is 17.5. The highest BCUT2D eigenvalue weighted by Crippen LogP contribution is 2.53. The molecule has 2 atom stereocenters. The summed E-state index contributed by atoms with van der Waals surface area (Å²) in [4.78, 5) is 2.45. The number of nitrogens with zero attached hydrogens (tertiary/aromatic N) is 2.